The van der Waals surface area contributed by atoms with Crippen molar-refractivity contribution in [2.75, 3.05) is 23.0 Å². The van der Waals surface area contributed by atoms with E-state index in [-0.39, 0.29) is 11.4 Å². The molecule has 0 amide bonds. The summed E-state index contributed by atoms with van der Waals surface area (Å²) in [5.74, 6) is -2.26. The van der Waals surface area contributed by atoms with Crippen LogP contribution in [0.3, 0.4) is 0 Å². The largest absolute Gasteiger partial charge is 0.403 e. The maximum atomic E-state index is 13.9. The maximum absolute atomic E-state index is 13.9. The number of nitrogens with zero attached hydrogens (tertiary/aromatic N) is 3. The van der Waals surface area contributed by atoms with Crippen molar-refractivity contribution in [1.29, 1.82) is 0 Å². The van der Waals surface area contributed by atoms with Gasteiger partial charge >= 0.3 is 0 Å². The van der Waals surface area contributed by atoms with Crippen LogP contribution in [-0.2, 0) is 0 Å². The average Bonchev–Trinajstić information content (AvgIpc) is 2.88. The monoisotopic (exact) mass is 535 g/mol. The molecular formula is C29H32F3N7. The van der Waals surface area contributed by atoms with Gasteiger partial charge in [0.1, 0.15) is 11.6 Å². The molecule has 5 N–H and O–H groups in total. The maximum Gasteiger partial charge on any atom is 0.266 e. The van der Waals surface area contributed by atoms with Gasteiger partial charge in [-0.2, -0.15) is 4.98 Å². The van der Waals surface area contributed by atoms with Crippen LogP contribution >= 0.6 is 0 Å². The van der Waals surface area contributed by atoms with Gasteiger partial charge in [0.25, 0.3) is 5.92 Å². The van der Waals surface area contributed by atoms with E-state index >= 15 is 0 Å². The van der Waals surface area contributed by atoms with Crippen LogP contribution in [0.1, 0.15) is 13.8 Å². The minimum Gasteiger partial charge on any atom is -0.403 e. The number of hydrogen-bond acceptors (Lipinski definition) is 7. The third-order valence-corrected chi connectivity index (χ3v) is 5.05. The van der Waals surface area contributed by atoms with Gasteiger partial charge in [0.15, 0.2) is 0 Å². The van der Waals surface area contributed by atoms with Crippen LogP contribution in [0.4, 0.5) is 36.3 Å². The number of aromatic nitrogens is 2. The third kappa shape index (κ3) is 9.84. The first-order chi connectivity index (χ1) is 18.5. The molecule has 204 valence electrons. The van der Waals surface area contributed by atoms with Gasteiger partial charge in [-0.3, -0.25) is 4.99 Å². The highest BCUT2D eigenvalue weighted by Crippen LogP contribution is 2.30. The number of allylic oxidation sites excluding steroid dienone is 3. The molecule has 2 aromatic carbocycles. The van der Waals surface area contributed by atoms with Crippen molar-refractivity contribution in [2.45, 2.75) is 19.8 Å². The summed E-state index contributed by atoms with van der Waals surface area (Å²) >= 11 is 0. The number of alkyl halides is 2. The SMILES string of the molecule is C=C(C)C(C)(F)F.C=CC(=C)Nc1cccc(Nc2nc(N/C(C=NC)=C/N)ncc2-c2cccc(F)c2)c1. The molecule has 0 saturated carbocycles. The number of rotatable bonds is 10. The zero-order chi connectivity index (χ0) is 29.0. The summed E-state index contributed by atoms with van der Waals surface area (Å²) in [7, 11) is 1.63. The summed E-state index contributed by atoms with van der Waals surface area (Å²) < 4.78 is 37.4. The van der Waals surface area contributed by atoms with Crippen LogP contribution in [-0.4, -0.2) is 29.2 Å². The highest BCUT2D eigenvalue weighted by Gasteiger charge is 2.20. The van der Waals surface area contributed by atoms with E-state index in [2.05, 4.69) is 50.6 Å². The summed E-state index contributed by atoms with van der Waals surface area (Å²) in [4.78, 5) is 12.9. The molecule has 0 aliphatic carbocycles. The average molecular weight is 536 g/mol. The smallest absolute Gasteiger partial charge is 0.266 e. The van der Waals surface area contributed by atoms with Crippen molar-refractivity contribution in [3.05, 3.63) is 110 Å². The Bertz CT molecular complexity index is 1380. The van der Waals surface area contributed by atoms with Crippen molar-refractivity contribution in [3.8, 4) is 11.1 Å². The van der Waals surface area contributed by atoms with E-state index < -0.39 is 5.92 Å². The van der Waals surface area contributed by atoms with Crippen LogP contribution in [0, 0.1) is 5.82 Å². The van der Waals surface area contributed by atoms with Crippen molar-refractivity contribution >= 4 is 29.4 Å². The highest BCUT2D eigenvalue weighted by molar-refractivity contribution is 5.83. The van der Waals surface area contributed by atoms with Gasteiger partial charge in [-0.05, 0) is 54.5 Å². The lowest BCUT2D eigenvalue weighted by molar-refractivity contribution is 0.0641. The van der Waals surface area contributed by atoms with E-state index in [1.54, 1.807) is 37.7 Å². The topological polar surface area (TPSA) is 100 Å². The first-order valence-corrected chi connectivity index (χ1v) is 11.7. The van der Waals surface area contributed by atoms with Crippen molar-refractivity contribution in [3.63, 3.8) is 0 Å². The van der Waals surface area contributed by atoms with E-state index in [4.69, 9.17) is 5.73 Å². The van der Waals surface area contributed by atoms with Gasteiger partial charge in [0, 0.05) is 55.2 Å². The van der Waals surface area contributed by atoms with E-state index in [1.165, 1.54) is 25.3 Å². The molecule has 0 spiro atoms. The number of nitrogens with one attached hydrogen (secondary N) is 3. The lowest BCUT2D eigenvalue weighted by Crippen LogP contribution is -2.09. The van der Waals surface area contributed by atoms with Crippen molar-refractivity contribution in [2.24, 2.45) is 10.7 Å². The molecule has 0 bridgehead atoms. The molecule has 1 aromatic heterocycles. The molecule has 0 fully saturated rings. The first kappa shape index (κ1) is 30.4. The molecule has 10 heteroatoms. The van der Waals surface area contributed by atoms with E-state index in [0.29, 0.717) is 34.3 Å². The molecule has 0 saturated heterocycles. The Morgan fingerprint density at radius 1 is 1.08 bits per heavy atom. The molecule has 3 aromatic rings. The fraction of sp³-hybridized carbons (Fsp3) is 0.138. The Labute approximate surface area is 226 Å². The molecule has 0 aliphatic heterocycles. The lowest BCUT2D eigenvalue weighted by atomic mass is 10.1. The molecule has 0 radical (unpaired) electrons. The fourth-order valence-electron chi connectivity index (χ4n) is 2.84. The number of nitrogens with two attached hydrogens (primary N) is 1. The molecule has 1 heterocycles. The zero-order valence-corrected chi connectivity index (χ0v) is 22.1. The minimum atomic E-state index is -2.69. The Morgan fingerprint density at radius 3 is 2.33 bits per heavy atom. The van der Waals surface area contributed by atoms with Crippen molar-refractivity contribution < 1.29 is 13.2 Å². The third-order valence-electron chi connectivity index (χ3n) is 5.05. The summed E-state index contributed by atoms with van der Waals surface area (Å²) in [6.45, 7) is 12.8. The van der Waals surface area contributed by atoms with Gasteiger partial charge in [-0.15, -0.1) is 0 Å². The number of benzene rings is 2. The van der Waals surface area contributed by atoms with E-state index in [1.807, 2.05) is 24.3 Å². The molecule has 39 heavy (non-hydrogen) atoms. The van der Waals surface area contributed by atoms with Gasteiger partial charge in [0.05, 0.1) is 5.70 Å². The molecule has 0 aliphatic rings. The predicted molar refractivity (Wildman–Crippen MR) is 156 cm³/mol. The van der Waals surface area contributed by atoms with Crippen LogP contribution < -0.4 is 21.7 Å². The van der Waals surface area contributed by atoms with Crippen LogP contribution in [0.25, 0.3) is 11.1 Å². The Morgan fingerprint density at radius 2 is 1.74 bits per heavy atom. The fourth-order valence-corrected chi connectivity index (χ4v) is 2.84. The lowest BCUT2D eigenvalue weighted by Gasteiger charge is -2.14. The number of aliphatic imine (C=N–C) groups is 1. The molecule has 3 rings (SSSR count). The number of halogens is 3. The summed E-state index contributed by atoms with van der Waals surface area (Å²) in [6, 6.07) is 13.8. The second kappa shape index (κ2) is 14.2. The van der Waals surface area contributed by atoms with Crippen LogP contribution in [0.15, 0.2) is 109 Å². The number of anilines is 4. The van der Waals surface area contributed by atoms with Crippen LogP contribution in [0.5, 0.6) is 0 Å². The molecular weight excluding hydrogens is 503 g/mol. The molecule has 0 atom stereocenters. The zero-order valence-electron chi connectivity index (χ0n) is 22.1. The second-order valence-electron chi connectivity index (χ2n) is 8.33. The summed E-state index contributed by atoms with van der Waals surface area (Å²) in [6.07, 6.45) is 6.17. The normalized spacial score (nSPS) is 11.3. The van der Waals surface area contributed by atoms with E-state index in [0.717, 1.165) is 18.3 Å². The van der Waals surface area contributed by atoms with Crippen LogP contribution in [0.2, 0.25) is 0 Å². The Balaban J connectivity index is 0.000000673. The van der Waals surface area contributed by atoms with Gasteiger partial charge in [-0.1, -0.05) is 37.9 Å². The predicted octanol–water partition coefficient (Wildman–Crippen LogP) is 7.27. The first-order valence-electron chi connectivity index (χ1n) is 11.7. The minimum absolute atomic E-state index is 0.0903. The Kier molecular flexibility index (Phi) is 11.0. The number of hydrogen-bond donors (Lipinski definition) is 4. The van der Waals surface area contributed by atoms with Gasteiger partial charge in [-0.25, -0.2) is 18.2 Å². The Hall–Kier alpha value is -4.86. The summed E-state index contributed by atoms with van der Waals surface area (Å²) in [5.41, 5.74) is 9.60. The van der Waals surface area contributed by atoms with Gasteiger partial charge in [0.2, 0.25) is 5.95 Å². The molecule has 7 nitrogen and oxygen atoms in total. The second-order valence-corrected chi connectivity index (χ2v) is 8.33. The van der Waals surface area contributed by atoms with Gasteiger partial charge < -0.3 is 21.7 Å². The quantitative estimate of drug-likeness (QED) is 0.124. The summed E-state index contributed by atoms with van der Waals surface area (Å²) in [5, 5.41) is 9.45. The standard InChI is InChI=1S/C24H24FN7.C5H8F2/c1-4-16(2)29-19-9-6-10-20(12-19)30-23-22(17-7-5-8-18(25)11-17)15-28-24(32-23)31-21(13-26)14-27-3;1-4(2)5(3,6)7/h4-15,29H,1-2,26H2,3H3,(H2,28,30,31,32);1H2,2-3H3/b21-13+,27-14?;. The molecule has 0 unspecified atom stereocenters. The highest BCUT2D eigenvalue weighted by atomic mass is 19.3. The van der Waals surface area contributed by atoms with Crippen molar-refractivity contribution in [1.82, 2.24) is 9.97 Å². The van der Waals surface area contributed by atoms with E-state index in [9.17, 15) is 13.2 Å².